The third-order valence-electron chi connectivity index (χ3n) is 3.14. The Kier molecular flexibility index (Phi) is 5.65. The molecule has 0 unspecified atom stereocenters. The van der Waals surface area contributed by atoms with Crippen molar-refractivity contribution in [3.8, 4) is 17.2 Å². The molecule has 0 saturated carbocycles. The van der Waals surface area contributed by atoms with Crippen molar-refractivity contribution in [1.29, 1.82) is 0 Å². The molecule has 0 atom stereocenters. The minimum atomic E-state index is -0.221. The third-order valence-corrected chi connectivity index (χ3v) is 3.14. The van der Waals surface area contributed by atoms with Gasteiger partial charge in [0.2, 0.25) is 0 Å². The Morgan fingerprint density at radius 3 is 2.50 bits per heavy atom. The van der Waals surface area contributed by atoms with Gasteiger partial charge in [-0.1, -0.05) is 30.3 Å². The maximum Gasteiger partial charge on any atom is 0.257 e. The molecule has 2 rings (SSSR count). The second kappa shape index (κ2) is 7.93. The summed E-state index contributed by atoms with van der Waals surface area (Å²) in [5.41, 5.74) is 0.799. The molecule has 0 heterocycles. The van der Waals surface area contributed by atoms with Gasteiger partial charge in [-0.2, -0.15) is 0 Å². The maximum absolute atomic E-state index is 11.8. The Hall–Kier alpha value is -2.69. The van der Waals surface area contributed by atoms with Gasteiger partial charge < -0.3 is 19.9 Å². The van der Waals surface area contributed by atoms with E-state index in [-0.39, 0.29) is 18.3 Å². The van der Waals surface area contributed by atoms with E-state index in [1.165, 1.54) is 0 Å². The molecule has 116 valence electrons. The van der Waals surface area contributed by atoms with Gasteiger partial charge in [0.1, 0.15) is 5.75 Å². The number of benzene rings is 2. The monoisotopic (exact) mass is 301 g/mol. The van der Waals surface area contributed by atoms with Crippen LogP contribution < -0.4 is 14.8 Å². The number of ether oxygens (including phenoxy) is 2. The van der Waals surface area contributed by atoms with Gasteiger partial charge in [0.25, 0.3) is 5.91 Å². The molecule has 22 heavy (non-hydrogen) atoms. The summed E-state index contributed by atoms with van der Waals surface area (Å²) in [7, 11) is 1.55. The number of rotatable bonds is 7. The van der Waals surface area contributed by atoms with Crippen molar-refractivity contribution in [3.63, 3.8) is 0 Å². The Morgan fingerprint density at radius 2 is 1.77 bits per heavy atom. The molecule has 5 nitrogen and oxygen atoms in total. The smallest absolute Gasteiger partial charge is 0.257 e. The highest BCUT2D eigenvalue weighted by Crippen LogP contribution is 2.25. The average molecular weight is 301 g/mol. The van der Waals surface area contributed by atoms with Gasteiger partial charge in [-0.25, -0.2) is 0 Å². The molecule has 2 aromatic rings. The number of hydrogen-bond acceptors (Lipinski definition) is 4. The lowest BCUT2D eigenvalue weighted by molar-refractivity contribution is -0.123. The summed E-state index contributed by atoms with van der Waals surface area (Å²) in [6, 6.07) is 14.2. The number of nitrogens with one attached hydrogen (secondary N) is 1. The van der Waals surface area contributed by atoms with E-state index in [1.54, 1.807) is 31.4 Å². The molecular weight excluding hydrogens is 282 g/mol. The number of para-hydroxylation sites is 3. The third kappa shape index (κ3) is 4.41. The van der Waals surface area contributed by atoms with E-state index in [0.29, 0.717) is 24.5 Å². The SMILES string of the molecule is COc1ccccc1OCC(=O)NCCc1ccccc1O. The fourth-order valence-electron chi connectivity index (χ4n) is 1.99. The van der Waals surface area contributed by atoms with Gasteiger partial charge in [0.15, 0.2) is 18.1 Å². The highest BCUT2D eigenvalue weighted by molar-refractivity contribution is 5.77. The average Bonchev–Trinajstić information content (AvgIpc) is 2.55. The number of methoxy groups -OCH3 is 1. The van der Waals surface area contributed by atoms with E-state index in [1.807, 2.05) is 24.3 Å². The summed E-state index contributed by atoms with van der Waals surface area (Å²) in [5.74, 6) is 1.13. The first-order chi connectivity index (χ1) is 10.7. The zero-order valence-corrected chi connectivity index (χ0v) is 12.4. The summed E-state index contributed by atoms with van der Waals surface area (Å²) in [6.45, 7) is 0.354. The number of aromatic hydroxyl groups is 1. The van der Waals surface area contributed by atoms with Crippen LogP contribution in [0.3, 0.4) is 0 Å². The molecule has 1 amide bonds. The number of carbonyl (C=O) groups excluding carboxylic acids is 1. The summed E-state index contributed by atoms with van der Waals surface area (Å²) in [4.78, 5) is 11.8. The highest BCUT2D eigenvalue weighted by Gasteiger charge is 2.07. The fraction of sp³-hybridized carbons (Fsp3) is 0.235. The standard InChI is InChI=1S/C17H19NO4/c1-21-15-8-4-5-9-16(15)22-12-17(20)18-11-10-13-6-2-3-7-14(13)19/h2-9,19H,10-12H2,1H3,(H,18,20). The zero-order chi connectivity index (χ0) is 15.8. The van der Waals surface area contributed by atoms with Crippen LogP contribution in [0.5, 0.6) is 17.2 Å². The summed E-state index contributed by atoms with van der Waals surface area (Å²) in [5, 5.41) is 12.4. The zero-order valence-electron chi connectivity index (χ0n) is 12.4. The van der Waals surface area contributed by atoms with Gasteiger partial charge in [-0.3, -0.25) is 4.79 Å². The second-order valence-corrected chi connectivity index (χ2v) is 4.67. The predicted molar refractivity (Wildman–Crippen MR) is 83.3 cm³/mol. The fourth-order valence-corrected chi connectivity index (χ4v) is 1.99. The van der Waals surface area contributed by atoms with Gasteiger partial charge in [0.05, 0.1) is 7.11 Å². The van der Waals surface area contributed by atoms with Gasteiger partial charge >= 0.3 is 0 Å². The molecule has 5 heteroatoms. The van der Waals surface area contributed by atoms with E-state index in [4.69, 9.17) is 9.47 Å². The van der Waals surface area contributed by atoms with Crippen molar-refractivity contribution in [2.24, 2.45) is 0 Å². The van der Waals surface area contributed by atoms with Crippen LogP contribution in [0, 0.1) is 0 Å². The lowest BCUT2D eigenvalue weighted by Crippen LogP contribution is -2.30. The van der Waals surface area contributed by atoms with E-state index in [0.717, 1.165) is 5.56 Å². The van der Waals surface area contributed by atoms with E-state index >= 15 is 0 Å². The van der Waals surface area contributed by atoms with Crippen molar-refractivity contribution >= 4 is 5.91 Å². The minimum Gasteiger partial charge on any atom is -0.508 e. The van der Waals surface area contributed by atoms with Gasteiger partial charge in [0, 0.05) is 6.54 Å². The second-order valence-electron chi connectivity index (χ2n) is 4.67. The molecule has 0 spiro atoms. The molecule has 0 aliphatic heterocycles. The topological polar surface area (TPSA) is 67.8 Å². The quantitative estimate of drug-likeness (QED) is 0.822. The maximum atomic E-state index is 11.8. The number of phenols is 1. The Labute approximate surface area is 129 Å². The number of amides is 1. The summed E-state index contributed by atoms with van der Waals surface area (Å²) in [6.07, 6.45) is 0.563. The van der Waals surface area contributed by atoms with Crippen molar-refractivity contribution in [2.75, 3.05) is 20.3 Å². The summed E-state index contributed by atoms with van der Waals surface area (Å²) >= 11 is 0. The van der Waals surface area contributed by atoms with Crippen LogP contribution >= 0.6 is 0 Å². The van der Waals surface area contributed by atoms with Crippen molar-refractivity contribution < 1.29 is 19.4 Å². The Balaban J connectivity index is 1.75. The molecule has 0 fully saturated rings. The first kappa shape index (κ1) is 15.7. The lowest BCUT2D eigenvalue weighted by atomic mass is 10.1. The molecule has 2 aromatic carbocycles. The Bertz CT molecular complexity index is 628. The molecule has 0 aromatic heterocycles. The first-order valence-corrected chi connectivity index (χ1v) is 7.00. The predicted octanol–water partition coefficient (Wildman–Crippen LogP) is 2.14. The molecule has 0 bridgehead atoms. The van der Waals surface area contributed by atoms with Crippen molar-refractivity contribution in [3.05, 3.63) is 54.1 Å². The molecule has 0 saturated heterocycles. The molecule has 0 aliphatic rings. The van der Waals surface area contributed by atoms with Crippen LogP contribution in [-0.2, 0) is 11.2 Å². The molecule has 0 aliphatic carbocycles. The molecular formula is C17H19NO4. The van der Waals surface area contributed by atoms with Crippen molar-refractivity contribution in [2.45, 2.75) is 6.42 Å². The van der Waals surface area contributed by atoms with Crippen LogP contribution in [0.25, 0.3) is 0 Å². The van der Waals surface area contributed by atoms with Crippen LogP contribution in [0.2, 0.25) is 0 Å². The van der Waals surface area contributed by atoms with Crippen LogP contribution in [-0.4, -0.2) is 31.3 Å². The van der Waals surface area contributed by atoms with Crippen LogP contribution in [0.15, 0.2) is 48.5 Å². The van der Waals surface area contributed by atoms with Crippen molar-refractivity contribution in [1.82, 2.24) is 5.32 Å². The Morgan fingerprint density at radius 1 is 1.09 bits per heavy atom. The number of carbonyl (C=O) groups is 1. The van der Waals surface area contributed by atoms with E-state index < -0.39 is 0 Å². The summed E-state index contributed by atoms with van der Waals surface area (Å²) < 4.78 is 10.6. The normalized spacial score (nSPS) is 10.0. The molecule has 0 radical (unpaired) electrons. The minimum absolute atomic E-state index is 0.0822. The lowest BCUT2D eigenvalue weighted by Gasteiger charge is -2.10. The molecule has 2 N–H and O–H groups in total. The van der Waals surface area contributed by atoms with Gasteiger partial charge in [-0.05, 0) is 30.2 Å². The first-order valence-electron chi connectivity index (χ1n) is 7.00. The number of hydrogen-bond donors (Lipinski definition) is 2. The van der Waals surface area contributed by atoms with Crippen LogP contribution in [0.4, 0.5) is 0 Å². The largest absolute Gasteiger partial charge is 0.508 e. The van der Waals surface area contributed by atoms with Crippen LogP contribution in [0.1, 0.15) is 5.56 Å². The van der Waals surface area contributed by atoms with E-state index in [2.05, 4.69) is 5.32 Å². The van der Waals surface area contributed by atoms with E-state index in [9.17, 15) is 9.90 Å². The highest BCUT2D eigenvalue weighted by atomic mass is 16.5. The van der Waals surface area contributed by atoms with Gasteiger partial charge in [-0.15, -0.1) is 0 Å². The number of phenolic OH excluding ortho intramolecular Hbond substituents is 1.